The van der Waals surface area contributed by atoms with Crippen molar-refractivity contribution in [1.29, 1.82) is 0 Å². The normalized spacial score (nSPS) is 40.9. The van der Waals surface area contributed by atoms with E-state index in [2.05, 4.69) is 5.32 Å². The maximum Gasteiger partial charge on any atom is 0.404 e. The van der Waals surface area contributed by atoms with Crippen LogP contribution in [0.2, 0.25) is 0 Å². The Morgan fingerprint density at radius 3 is 2.91 bits per heavy atom. The van der Waals surface area contributed by atoms with Crippen LogP contribution in [0.1, 0.15) is 19.3 Å². The molecule has 2 rings (SSSR count). The molecule has 2 fully saturated rings. The minimum absolute atomic E-state index is 0.122. The Morgan fingerprint density at radius 2 is 2.27 bits per heavy atom. The van der Waals surface area contributed by atoms with Crippen LogP contribution in [0.4, 0.5) is 4.79 Å². The van der Waals surface area contributed by atoms with E-state index in [1.807, 2.05) is 0 Å². The van der Waals surface area contributed by atoms with Crippen molar-refractivity contribution in [3.05, 3.63) is 0 Å². The highest BCUT2D eigenvalue weighted by Gasteiger charge is 2.44. The van der Waals surface area contributed by atoms with Gasteiger partial charge in [0.25, 0.3) is 0 Å². The van der Waals surface area contributed by atoms with Gasteiger partial charge in [-0.1, -0.05) is 0 Å². The Hall–Kier alpha value is -0.770. The summed E-state index contributed by atoms with van der Waals surface area (Å²) >= 11 is 0. The Balaban J connectivity index is 1.81. The maximum atomic E-state index is 10.2. The summed E-state index contributed by atoms with van der Waals surface area (Å²) in [5.41, 5.74) is 0. The van der Waals surface area contributed by atoms with Crippen molar-refractivity contribution in [2.75, 3.05) is 0 Å². The number of epoxide rings is 1. The number of hydrogen-bond acceptors (Lipinski definition) is 2. The lowest BCUT2D eigenvalue weighted by molar-refractivity contribution is 0.187. The molecule has 4 heteroatoms. The molecule has 1 aliphatic heterocycles. The lowest BCUT2D eigenvalue weighted by atomic mass is 9.96. The Kier molecular flexibility index (Phi) is 1.49. The van der Waals surface area contributed by atoms with Gasteiger partial charge in [0, 0.05) is 6.04 Å². The van der Waals surface area contributed by atoms with Gasteiger partial charge in [0.2, 0.25) is 0 Å². The highest BCUT2D eigenvalue weighted by atomic mass is 16.6. The molecule has 2 N–H and O–H groups in total. The second-order valence-electron chi connectivity index (χ2n) is 3.17. The number of carboxylic acid groups (broad SMARTS) is 1. The van der Waals surface area contributed by atoms with E-state index in [1.165, 1.54) is 0 Å². The number of nitrogens with one attached hydrogen (secondary N) is 1. The SMILES string of the molecule is O=C(O)N[C@H]1CC[C@H]2O[C@H]2C1. The van der Waals surface area contributed by atoms with Gasteiger partial charge in [-0.25, -0.2) is 4.79 Å². The lowest BCUT2D eigenvalue weighted by Crippen LogP contribution is -2.37. The molecule has 1 amide bonds. The lowest BCUT2D eigenvalue weighted by Gasteiger charge is -2.17. The second kappa shape index (κ2) is 2.37. The number of carbonyl (C=O) groups is 1. The molecular formula is C7H11NO3. The number of rotatable bonds is 1. The molecule has 11 heavy (non-hydrogen) atoms. The molecule has 1 heterocycles. The van der Waals surface area contributed by atoms with E-state index >= 15 is 0 Å². The first-order valence-electron chi connectivity index (χ1n) is 3.90. The van der Waals surface area contributed by atoms with Crippen LogP contribution in [0, 0.1) is 0 Å². The average Bonchev–Trinajstić information content (AvgIpc) is 2.63. The van der Waals surface area contributed by atoms with Gasteiger partial charge in [-0.15, -0.1) is 0 Å². The highest BCUT2D eigenvalue weighted by Crippen LogP contribution is 2.36. The number of hydrogen-bond donors (Lipinski definition) is 2. The van der Waals surface area contributed by atoms with Crippen LogP contribution in [0.5, 0.6) is 0 Å². The first kappa shape index (κ1) is 6.91. The van der Waals surface area contributed by atoms with Gasteiger partial charge >= 0.3 is 6.09 Å². The summed E-state index contributed by atoms with van der Waals surface area (Å²) in [7, 11) is 0. The molecule has 0 aromatic rings. The molecule has 2 aliphatic rings. The predicted octanol–water partition coefficient (Wildman–Crippen LogP) is 0.574. The predicted molar refractivity (Wildman–Crippen MR) is 37.5 cm³/mol. The summed E-state index contributed by atoms with van der Waals surface area (Å²) in [6.45, 7) is 0. The monoisotopic (exact) mass is 157 g/mol. The Bertz CT molecular complexity index is 183. The molecule has 3 atom stereocenters. The maximum absolute atomic E-state index is 10.2. The third kappa shape index (κ3) is 1.45. The fourth-order valence-corrected chi connectivity index (χ4v) is 1.71. The molecular weight excluding hydrogens is 146 g/mol. The third-order valence-corrected chi connectivity index (χ3v) is 2.33. The first-order valence-corrected chi connectivity index (χ1v) is 3.90. The number of ether oxygens (including phenoxy) is 1. The fraction of sp³-hybridized carbons (Fsp3) is 0.857. The number of amides is 1. The van der Waals surface area contributed by atoms with Gasteiger partial charge < -0.3 is 15.2 Å². The smallest absolute Gasteiger partial charge is 0.404 e. The number of fused-ring (bicyclic) bond motifs is 1. The molecule has 0 unspecified atom stereocenters. The fourth-order valence-electron chi connectivity index (χ4n) is 1.71. The van der Waals surface area contributed by atoms with E-state index in [4.69, 9.17) is 9.84 Å². The van der Waals surface area contributed by atoms with Crippen molar-refractivity contribution < 1.29 is 14.6 Å². The van der Waals surface area contributed by atoms with Gasteiger partial charge in [0.05, 0.1) is 12.2 Å². The van der Waals surface area contributed by atoms with Crippen LogP contribution in [-0.4, -0.2) is 29.4 Å². The molecule has 1 saturated carbocycles. The van der Waals surface area contributed by atoms with E-state index < -0.39 is 6.09 Å². The summed E-state index contributed by atoms with van der Waals surface area (Å²) in [5.74, 6) is 0. The van der Waals surface area contributed by atoms with E-state index in [0.29, 0.717) is 12.2 Å². The molecule has 62 valence electrons. The van der Waals surface area contributed by atoms with Crippen molar-refractivity contribution >= 4 is 6.09 Å². The Morgan fingerprint density at radius 1 is 1.45 bits per heavy atom. The van der Waals surface area contributed by atoms with E-state index in [0.717, 1.165) is 19.3 Å². The molecule has 1 aliphatic carbocycles. The zero-order valence-electron chi connectivity index (χ0n) is 6.12. The van der Waals surface area contributed by atoms with Crippen molar-refractivity contribution in [3.63, 3.8) is 0 Å². The standard InChI is InChI=1S/C7H11NO3/c9-7(10)8-4-1-2-5-6(3-4)11-5/h4-6,8H,1-3H2,(H,9,10)/t4-,5+,6-/m0/s1. The summed E-state index contributed by atoms with van der Waals surface area (Å²) in [4.78, 5) is 10.2. The molecule has 0 aromatic carbocycles. The van der Waals surface area contributed by atoms with E-state index in [1.54, 1.807) is 0 Å². The van der Waals surface area contributed by atoms with Gasteiger partial charge in [-0.3, -0.25) is 0 Å². The molecule has 1 saturated heterocycles. The van der Waals surface area contributed by atoms with Crippen molar-refractivity contribution in [1.82, 2.24) is 5.32 Å². The van der Waals surface area contributed by atoms with Crippen LogP contribution >= 0.6 is 0 Å². The van der Waals surface area contributed by atoms with E-state index in [-0.39, 0.29) is 6.04 Å². The quantitative estimate of drug-likeness (QED) is 0.547. The Labute approximate surface area is 64.5 Å². The summed E-state index contributed by atoms with van der Waals surface area (Å²) in [6, 6.07) is 0.122. The summed E-state index contributed by atoms with van der Waals surface area (Å²) < 4.78 is 5.26. The molecule has 0 aromatic heterocycles. The average molecular weight is 157 g/mol. The van der Waals surface area contributed by atoms with Crippen molar-refractivity contribution in [3.8, 4) is 0 Å². The van der Waals surface area contributed by atoms with Crippen LogP contribution in [-0.2, 0) is 4.74 Å². The minimum atomic E-state index is -0.922. The zero-order valence-corrected chi connectivity index (χ0v) is 6.12. The summed E-state index contributed by atoms with van der Waals surface area (Å²) in [5, 5.41) is 10.9. The largest absolute Gasteiger partial charge is 0.465 e. The molecule has 0 radical (unpaired) electrons. The molecule has 4 nitrogen and oxygen atoms in total. The minimum Gasteiger partial charge on any atom is -0.465 e. The van der Waals surface area contributed by atoms with Gasteiger partial charge in [-0.05, 0) is 19.3 Å². The van der Waals surface area contributed by atoms with Crippen LogP contribution in [0.25, 0.3) is 0 Å². The van der Waals surface area contributed by atoms with Gasteiger partial charge in [0.15, 0.2) is 0 Å². The van der Waals surface area contributed by atoms with Crippen LogP contribution in [0.15, 0.2) is 0 Å². The van der Waals surface area contributed by atoms with E-state index in [9.17, 15) is 4.79 Å². The second-order valence-corrected chi connectivity index (χ2v) is 3.17. The summed E-state index contributed by atoms with van der Waals surface area (Å²) in [6.07, 6.45) is 2.66. The molecule has 0 spiro atoms. The topological polar surface area (TPSA) is 61.9 Å². The van der Waals surface area contributed by atoms with Crippen LogP contribution < -0.4 is 5.32 Å². The van der Waals surface area contributed by atoms with Gasteiger partial charge in [-0.2, -0.15) is 0 Å². The first-order chi connectivity index (χ1) is 5.25. The highest BCUT2D eigenvalue weighted by molar-refractivity contribution is 5.64. The van der Waals surface area contributed by atoms with Crippen molar-refractivity contribution in [2.45, 2.75) is 37.5 Å². The van der Waals surface area contributed by atoms with Gasteiger partial charge in [0.1, 0.15) is 0 Å². The van der Waals surface area contributed by atoms with Crippen molar-refractivity contribution in [2.24, 2.45) is 0 Å². The third-order valence-electron chi connectivity index (χ3n) is 2.33. The molecule has 0 bridgehead atoms. The van der Waals surface area contributed by atoms with Crippen LogP contribution in [0.3, 0.4) is 0 Å². The zero-order chi connectivity index (χ0) is 7.84.